The minimum Gasteiger partial charge on any atom is -0.748 e. The van der Waals surface area contributed by atoms with Crippen molar-refractivity contribution in [3.8, 4) is 0 Å². The summed E-state index contributed by atoms with van der Waals surface area (Å²) in [4.78, 5) is 0. The maximum absolute atomic E-state index is 10.7. The lowest BCUT2D eigenvalue weighted by atomic mass is 10.2. The van der Waals surface area contributed by atoms with Crippen molar-refractivity contribution in [2.24, 2.45) is 0 Å². The molecule has 0 saturated heterocycles. The average molecular weight is 229 g/mol. The first-order valence-corrected chi connectivity index (χ1v) is 6.50. The Hall–Kier alpha value is -0.940. The monoisotopic (exact) mass is 229 g/mol. The molecule has 0 N–H and O–H groups in total. The van der Waals surface area contributed by atoms with Crippen LogP contribution in [0.2, 0.25) is 0 Å². The molecule has 1 rings (SSSR count). The predicted octanol–water partition coefficient (Wildman–Crippen LogP) is 0.860. The highest BCUT2D eigenvalue weighted by atomic mass is 32.2. The molecule has 0 radical (unpaired) electrons. The summed E-state index contributed by atoms with van der Waals surface area (Å²) in [6.07, 6.45) is 5.11. The smallest absolute Gasteiger partial charge is 0.171 e. The van der Waals surface area contributed by atoms with Gasteiger partial charge in [-0.05, 0) is 6.42 Å². The molecule has 0 aliphatic rings. The van der Waals surface area contributed by atoms with Crippen molar-refractivity contribution in [3.63, 3.8) is 0 Å². The molecule has 5 heteroatoms. The van der Waals surface area contributed by atoms with Gasteiger partial charge in [-0.2, -0.15) is 0 Å². The molecule has 1 aromatic heterocycles. The molecule has 15 heavy (non-hydrogen) atoms. The van der Waals surface area contributed by atoms with Gasteiger partial charge in [-0.3, -0.25) is 0 Å². The minimum atomic E-state index is -4.16. The lowest BCUT2D eigenvalue weighted by Crippen LogP contribution is -2.42. The third kappa shape index (κ3) is 4.40. The molecule has 1 heterocycles. The summed E-state index contributed by atoms with van der Waals surface area (Å²) in [7, 11) is -4.16. The highest BCUT2D eigenvalue weighted by molar-refractivity contribution is 7.85. The van der Waals surface area contributed by atoms with Crippen LogP contribution in [0.1, 0.15) is 25.8 Å². The topological polar surface area (TPSA) is 61.1 Å². The fourth-order valence-corrected chi connectivity index (χ4v) is 2.35. The second-order valence-corrected chi connectivity index (χ2v) is 4.94. The van der Waals surface area contributed by atoms with E-state index in [9.17, 15) is 13.0 Å². The van der Waals surface area contributed by atoms with E-state index in [0.29, 0.717) is 6.42 Å². The van der Waals surface area contributed by atoms with Crippen LogP contribution in [0.25, 0.3) is 0 Å². The summed E-state index contributed by atoms with van der Waals surface area (Å²) in [6.45, 7) is 1.97. The van der Waals surface area contributed by atoms with E-state index in [1.165, 1.54) is 0 Å². The molecule has 84 valence electrons. The maximum Gasteiger partial charge on any atom is 0.171 e. The number of pyridine rings is 1. The minimum absolute atomic E-state index is 0.251. The molecule has 0 amide bonds. The first-order valence-electron chi connectivity index (χ1n) is 4.92. The van der Waals surface area contributed by atoms with E-state index < -0.39 is 10.1 Å². The zero-order valence-corrected chi connectivity index (χ0v) is 9.48. The van der Waals surface area contributed by atoms with Crippen LogP contribution in [0.15, 0.2) is 30.6 Å². The highest BCUT2D eigenvalue weighted by Crippen LogP contribution is 2.08. The fourth-order valence-electron chi connectivity index (χ4n) is 1.54. The Labute approximate surface area is 90.3 Å². The van der Waals surface area contributed by atoms with Crippen molar-refractivity contribution in [1.82, 2.24) is 0 Å². The molecule has 1 unspecified atom stereocenters. The van der Waals surface area contributed by atoms with Gasteiger partial charge in [0, 0.05) is 18.6 Å². The summed E-state index contributed by atoms with van der Waals surface area (Å²) >= 11 is 0. The number of aromatic nitrogens is 1. The van der Waals surface area contributed by atoms with Crippen molar-refractivity contribution in [2.75, 3.05) is 5.75 Å². The highest BCUT2D eigenvalue weighted by Gasteiger charge is 2.19. The van der Waals surface area contributed by atoms with Crippen LogP contribution in [0, 0.1) is 0 Å². The van der Waals surface area contributed by atoms with Crippen molar-refractivity contribution in [3.05, 3.63) is 30.6 Å². The van der Waals surface area contributed by atoms with Gasteiger partial charge in [0.2, 0.25) is 0 Å². The maximum atomic E-state index is 10.7. The Kier molecular flexibility index (Phi) is 4.23. The number of rotatable bonds is 5. The molecular weight excluding hydrogens is 214 g/mol. The molecule has 0 aromatic carbocycles. The SMILES string of the molecule is CCCC(CS(=O)(=O)[O-])[n+]1ccccc1. The fraction of sp³-hybridized carbons (Fsp3) is 0.500. The molecule has 0 aliphatic heterocycles. The van der Waals surface area contributed by atoms with E-state index in [4.69, 9.17) is 0 Å². The quantitative estimate of drug-likeness (QED) is 0.555. The van der Waals surface area contributed by atoms with Crippen LogP contribution in [-0.4, -0.2) is 18.7 Å². The Balaban J connectivity index is 2.84. The van der Waals surface area contributed by atoms with Gasteiger partial charge in [-0.1, -0.05) is 13.0 Å². The second kappa shape index (κ2) is 5.23. The Morgan fingerprint density at radius 2 is 1.87 bits per heavy atom. The molecule has 0 aliphatic carbocycles. The Morgan fingerprint density at radius 1 is 1.27 bits per heavy atom. The molecule has 1 aromatic rings. The zero-order valence-electron chi connectivity index (χ0n) is 8.67. The normalized spacial score (nSPS) is 13.7. The standard InChI is InChI=1S/C10H15NO3S/c1-2-6-10(9-15(12,13)14)11-7-4-3-5-8-11/h3-5,7-8,10H,2,6,9H2,1H3. The van der Waals surface area contributed by atoms with E-state index in [0.717, 1.165) is 6.42 Å². The van der Waals surface area contributed by atoms with Crippen LogP contribution in [-0.2, 0) is 10.1 Å². The van der Waals surface area contributed by atoms with Crippen LogP contribution in [0.5, 0.6) is 0 Å². The number of nitrogens with zero attached hydrogens (tertiary/aromatic N) is 1. The van der Waals surface area contributed by atoms with Gasteiger partial charge >= 0.3 is 0 Å². The average Bonchev–Trinajstić information content (AvgIpc) is 2.17. The third-order valence-electron chi connectivity index (χ3n) is 2.18. The van der Waals surface area contributed by atoms with Crippen molar-refractivity contribution in [1.29, 1.82) is 0 Å². The molecule has 0 fully saturated rings. The first kappa shape index (κ1) is 12.1. The van der Waals surface area contributed by atoms with Gasteiger partial charge < -0.3 is 4.55 Å². The Bertz CT molecular complexity index is 388. The lowest BCUT2D eigenvalue weighted by molar-refractivity contribution is -0.719. The van der Waals surface area contributed by atoms with E-state index in [-0.39, 0.29) is 11.8 Å². The van der Waals surface area contributed by atoms with Crippen molar-refractivity contribution < 1.29 is 17.5 Å². The second-order valence-electron chi connectivity index (χ2n) is 3.49. The van der Waals surface area contributed by atoms with E-state index in [1.807, 2.05) is 25.1 Å². The summed E-state index contributed by atoms with van der Waals surface area (Å²) in [5.74, 6) is -0.338. The van der Waals surface area contributed by atoms with Crippen molar-refractivity contribution >= 4 is 10.1 Å². The van der Waals surface area contributed by atoms with Gasteiger partial charge in [0.1, 0.15) is 15.9 Å². The molecule has 0 bridgehead atoms. The lowest BCUT2D eigenvalue weighted by Gasteiger charge is -2.13. The zero-order chi connectivity index (χ0) is 11.3. The number of hydrogen-bond acceptors (Lipinski definition) is 3. The van der Waals surface area contributed by atoms with Crippen molar-refractivity contribution in [2.45, 2.75) is 25.8 Å². The van der Waals surface area contributed by atoms with Crippen LogP contribution >= 0.6 is 0 Å². The van der Waals surface area contributed by atoms with E-state index in [1.54, 1.807) is 17.0 Å². The van der Waals surface area contributed by atoms with Gasteiger partial charge in [0.25, 0.3) is 0 Å². The van der Waals surface area contributed by atoms with Crippen LogP contribution in [0.3, 0.4) is 0 Å². The van der Waals surface area contributed by atoms with E-state index in [2.05, 4.69) is 0 Å². The summed E-state index contributed by atoms with van der Waals surface area (Å²) < 4.78 is 33.9. The van der Waals surface area contributed by atoms with Crippen LogP contribution < -0.4 is 4.57 Å². The van der Waals surface area contributed by atoms with Gasteiger partial charge in [0.15, 0.2) is 18.4 Å². The summed E-state index contributed by atoms with van der Waals surface area (Å²) in [5.41, 5.74) is 0. The molecular formula is C10H15NO3S. The largest absolute Gasteiger partial charge is 0.748 e. The summed E-state index contributed by atoms with van der Waals surface area (Å²) in [6, 6.07) is 5.24. The third-order valence-corrected chi connectivity index (χ3v) is 2.97. The Morgan fingerprint density at radius 3 is 2.33 bits per heavy atom. The molecule has 4 nitrogen and oxygen atoms in total. The van der Waals surface area contributed by atoms with Gasteiger partial charge in [-0.15, -0.1) is 0 Å². The number of hydrogen-bond donors (Lipinski definition) is 0. The first-order chi connectivity index (χ1) is 7.03. The van der Waals surface area contributed by atoms with Crippen LogP contribution in [0.4, 0.5) is 0 Å². The van der Waals surface area contributed by atoms with E-state index >= 15 is 0 Å². The molecule has 1 atom stereocenters. The molecule has 0 spiro atoms. The molecule has 0 saturated carbocycles. The summed E-state index contributed by atoms with van der Waals surface area (Å²) in [5, 5.41) is 0. The van der Waals surface area contributed by atoms with Gasteiger partial charge in [-0.25, -0.2) is 13.0 Å². The van der Waals surface area contributed by atoms with Gasteiger partial charge in [0.05, 0.1) is 0 Å². The predicted molar refractivity (Wildman–Crippen MR) is 55.1 cm³/mol.